The Kier molecular flexibility index (Phi) is 5.16. The van der Waals surface area contributed by atoms with Crippen molar-refractivity contribution in [2.24, 2.45) is 0 Å². The van der Waals surface area contributed by atoms with Crippen molar-refractivity contribution < 1.29 is 24.2 Å². The minimum Gasteiger partial charge on any atom is -0.480 e. The number of carboxylic acid groups (broad SMARTS) is 1. The number of carbonyl (C=O) groups is 2. The third-order valence-electron chi connectivity index (χ3n) is 3.39. The zero-order valence-corrected chi connectivity index (χ0v) is 11.8. The van der Waals surface area contributed by atoms with Gasteiger partial charge in [0.05, 0.1) is 12.2 Å². The number of amides is 1. The molecule has 3 unspecified atom stereocenters. The van der Waals surface area contributed by atoms with Gasteiger partial charge in [-0.3, -0.25) is 0 Å². The third kappa shape index (κ3) is 4.46. The van der Waals surface area contributed by atoms with Crippen molar-refractivity contribution in [3.8, 4) is 0 Å². The number of carbonyl (C=O) groups excluding carboxylic acids is 1. The molecule has 0 aromatic heterocycles. The monoisotopic (exact) mass is 293 g/mol. The highest BCUT2D eigenvalue weighted by atomic mass is 16.6. The van der Waals surface area contributed by atoms with E-state index in [1.807, 2.05) is 37.3 Å². The number of carboxylic acids is 1. The normalized spacial score (nSPS) is 22.5. The van der Waals surface area contributed by atoms with E-state index in [2.05, 4.69) is 5.32 Å². The Morgan fingerprint density at radius 1 is 1.38 bits per heavy atom. The van der Waals surface area contributed by atoms with E-state index in [0.717, 1.165) is 12.0 Å². The lowest BCUT2D eigenvalue weighted by atomic mass is 10.1. The van der Waals surface area contributed by atoms with Crippen LogP contribution >= 0.6 is 0 Å². The topological polar surface area (TPSA) is 84.9 Å². The molecule has 0 bridgehead atoms. The molecule has 2 N–H and O–H groups in total. The van der Waals surface area contributed by atoms with E-state index in [9.17, 15) is 14.7 Å². The minimum atomic E-state index is -1.12. The van der Waals surface area contributed by atoms with Crippen LogP contribution in [-0.2, 0) is 20.9 Å². The number of hydrogen-bond donors (Lipinski definition) is 2. The summed E-state index contributed by atoms with van der Waals surface area (Å²) in [6, 6.07) is 8.10. The van der Waals surface area contributed by atoms with Gasteiger partial charge in [-0.25, -0.2) is 9.59 Å². The lowest BCUT2D eigenvalue weighted by molar-refractivity contribution is -0.143. The Labute approximate surface area is 123 Å². The Morgan fingerprint density at radius 3 is 2.67 bits per heavy atom. The molecule has 1 fully saturated rings. The first-order valence-electron chi connectivity index (χ1n) is 6.91. The second-order valence-electron chi connectivity index (χ2n) is 5.08. The summed E-state index contributed by atoms with van der Waals surface area (Å²) < 4.78 is 10.5. The van der Waals surface area contributed by atoms with Crippen molar-refractivity contribution in [3.63, 3.8) is 0 Å². The van der Waals surface area contributed by atoms with Crippen LogP contribution in [0, 0.1) is 0 Å². The number of benzene rings is 1. The van der Waals surface area contributed by atoms with E-state index >= 15 is 0 Å². The van der Waals surface area contributed by atoms with Gasteiger partial charge >= 0.3 is 12.1 Å². The second kappa shape index (κ2) is 7.08. The molecule has 0 radical (unpaired) electrons. The van der Waals surface area contributed by atoms with Gasteiger partial charge < -0.3 is 19.9 Å². The van der Waals surface area contributed by atoms with Crippen LogP contribution in [0.25, 0.3) is 0 Å². The molecule has 2 rings (SSSR count). The van der Waals surface area contributed by atoms with Crippen LogP contribution < -0.4 is 5.32 Å². The second-order valence-corrected chi connectivity index (χ2v) is 5.08. The van der Waals surface area contributed by atoms with E-state index in [0.29, 0.717) is 6.42 Å². The Bertz CT molecular complexity index is 490. The predicted octanol–water partition coefficient (Wildman–Crippen LogP) is 1.93. The summed E-state index contributed by atoms with van der Waals surface area (Å²) in [7, 11) is 0. The maximum atomic E-state index is 11.7. The van der Waals surface area contributed by atoms with Crippen LogP contribution in [0.1, 0.15) is 25.3 Å². The van der Waals surface area contributed by atoms with Crippen LogP contribution in [0.4, 0.5) is 4.79 Å². The van der Waals surface area contributed by atoms with E-state index in [4.69, 9.17) is 9.47 Å². The zero-order chi connectivity index (χ0) is 15.2. The molecule has 6 heteroatoms. The summed E-state index contributed by atoms with van der Waals surface area (Å²) in [5, 5.41) is 11.6. The SMILES string of the molecule is CC1CCC(C(NC(=O)OCc2ccccc2)C(=O)O)O1. The van der Waals surface area contributed by atoms with Crippen LogP contribution in [-0.4, -0.2) is 35.4 Å². The standard InChI is InChI=1S/C15H19NO5/c1-10-7-8-12(21-10)13(14(17)18)16-15(19)20-9-11-5-3-2-4-6-11/h2-6,10,12-13H,7-9H2,1H3,(H,16,19)(H,17,18). The van der Waals surface area contributed by atoms with Gasteiger partial charge in [0, 0.05) is 0 Å². The molecule has 6 nitrogen and oxygen atoms in total. The average Bonchev–Trinajstić information content (AvgIpc) is 2.89. The lowest BCUT2D eigenvalue weighted by Gasteiger charge is -2.20. The first-order valence-corrected chi connectivity index (χ1v) is 6.91. The molecule has 21 heavy (non-hydrogen) atoms. The van der Waals surface area contributed by atoms with Crippen LogP contribution in [0.3, 0.4) is 0 Å². The van der Waals surface area contributed by atoms with Gasteiger partial charge in [-0.15, -0.1) is 0 Å². The highest BCUT2D eigenvalue weighted by molar-refractivity contribution is 5.80. The molecule has 1 heterocycles. The van der Waals surface area contributed by atoms with Gasteiger partial charge in [0.1, 0.15) is 6.61 Å². The summed E-state index contributed by atoms with van der Waals surface area (Å²) >= 11 is 0. The largest absolute Gasteiger partial charge is 0.480 e. The van der Waals surface area contributed by atoms with Gasteiger partial charge in [0.25, 0.3) is 0 Å². The molecule has 1 aromatic carbocycles. The highest BCUT2D eigenvalue weighted by Crippen LogP contribution is 2.22. The Balaban J connectivity index is 1.85. The maximum absolute atomic E-state index is 11.7. The molecule has 1 saturated heterocycles. The number of ether oxygens (including phenoxy) is 2. The number of alkyl carbamates (subject to hydrolysis) is 1. The van der Waals surface area contributed by atoms with Crippen molar-refractivity contribution in [2.75, 3.05) is 0 Å². The van der Waals surface area contributed by atoms with E-state index in [1.54, 1.807) is 0 Å². The van der Waals surface area contributed by atoms with Crippen molar-refractivity contribution in [1.82, 2.24) is 5.32 Å². The Morgan fingerprint density at radius 2 is 2.10 bits per heavy atom. The molecule has 1 aliphatic heterocycles. The molecular formula is C15H19NO5. The lowest BCUT2D eigenvalue weighted by Crippen LogP contribution is -2.48. The number of rotatable bonds is 5. The molecule has 3 atom stereocenters. The fourth-order valence-corrected chi connectivity index (χ4v) is 2.28. The fraction of sp³-hybridized carbons (Fsp3) is 0.467. The van der Waals surface area contributed by atoms with Crippen molar-refractivity contribution >= 4 is 12.1 Å². The fourth-order valence-electron chi connectivity index (χ4n) is 2.28. The van der Waals surface area contributed by atoms with Crippen LogP contribution in [0.2, 0.25) is 0 Å². The first kappa shape index (κ1) is 15.3. The molecule has 1 aliphatic rings. The van der Waals surface area contributed by atoms with Crippen molar-refractivity contribution in [1.29, 1.82) is 0 Å². The maximum Gasteiger partial charge on any atom is 0.408 e. The van der Waals surface area contributed by atoms with Crippen molar-refractivity contribution in [3.05, 3.63) is 35.9 Å². The molecule has 0 spiro atoms. The van der Waals surface area contributed by atoms with Crippen LogP contribution in [0.15, 0.2) is 30.3 Å². The van der Waals surface area contributed by atoms with E-state index in [-0.39, 0.29) is 12.7 Å². The van der Waals surface area contributed by atoms with E-state index in [1.165, 1.54) is 0 Å². The van der Waals surface area contributed by atoms with Gasteiger partial charge in [-0.2, -0.15) is 0 Å². The quantitative estimate of drug-likeness (QED) is 0.866. The molecule has 0 aliphatic carbocycles. The van der Waals surface area contributed by atoms with Gasteiger partial charge in [0.2, 0.25) is 0 Å². The highest BCUT2D eigenvalue weighted by Gasteiger charge is 2.35. The predicted molar refractivity (Wildman–Crippen MR) is 74.8 cm³/mol. The summed E-state index contributed by atoms with van der Waals surface area (Å²) in [5.41, 5.74) is 0.838. The smallest absolute Gasteiger partial charge is 0.408 e. The van der Waals surface area contributed by atoms with Gasteiger partial charge in [0.15, 0.2) is 6.04 Å². The Hall–Kier alpha value is -2.08. The summed E-state index contributed by atoms with van der Waals surface area (Å²) in [5.74, 6) is -1.12. The zero-order valence-electron chi connectivity index (χ0n) is 11.8. The summed E-state index contributed by atoms with van der Waals surface area (Å²) in [6.07, 6.45) is 0.141. The molecular weight excluding hydrogens is 274 g/mol. The third-order valence-corrected chi connectivity index (χ3v) is 3.39. The number of hydrogen-bond acceptors (Lipinski definition) is 4. The molecule has 1 aromatic rings. The molecule has 0 saturated carbocycles. The van der Waals surface area contributed by atoms with E-state index < -0.39 is 24.2 Å². The molecule has 114 valence electrons. The number of nitrogens with one attached hydrogen (secondary N) is 1. The number of aliphatic carboxylic acids is 1. The summed E-state index contributed by atoms with van der Waals surface area (Å²) in [4.78, 5) is 23.0. The van der Waals surface area contributed by atoms with Gasteiger partial charge in [-0.05, 0) is 25.3 Å². The van der Waals surface area contributed by atoms with Crippen LogP contribution in [0.5, 0.6) is 0 Å². The summed E-state index contributed by atoms with van der Waals surface area (Å²) in [6.45, 7) is 1.98. The van der Waals surface area contributed by atoms with Crippen molar-refractivity contribution in [2.45, 2.75) is 44.6 Å². The first-order chi connectivity index (χ1) is 10.1. The minimum absolute atomic E-state index is 0.0130. The average molecular weight is 293 g/mol. The van der Waals surface area contributed by atoms with Gasteiger partial charge in [-0.1, -0.05) is 30.3 Å². The molecule has 1 amide bonds.